The van der Waals surface area contributed by atoms with Gasteiger partial charge < -0.3 is 24.5 Å². The van der Waals surface area contributed by atoms with Crippen LogP contribution in [0.4, 0.5) is 16.2 Å². The molecular weight excluding hydrogens is 436 g/mol. The lowest BCUT2D eigenvalue weighted by Gasteiger charge is -2.42. The summed E-state index contributed by atoms with van der Waals surface area (Å²) < 4.78 is 6.81. The summed E-state index contributed by atoms with van der Waals surface area (Å²) in [6, 6.07) is 13.2. The zero-order valence-corrected chi connectivity index (χ0v) is 18.6. The van der Waals surface area contributed by atoms with Crippen LogP contribution in [0.25, 0.3) is 0 Å². The van der Waals surface area contributed by atoms with Crippen molar-refractivity contribution in [1.82, 2.24) is 9.47 Å². The topological polar surface area (TPSA) is 114 Å². The Morgan fingerprint density at radius 1 is 0.971 bits per heavy atom. The first-order chi connectivity index (χ1) is 16.4. The number of Topliss-reactive ketones (excluding diaryl/α,β-unsaturated/α-hetero) is 1. The molecule has 1 fully saturated rings. The van der Waals surface area contributed by atoms with Gasteiger partial charge in [-0.05, 0) is 67.8 Å². The average Bonchev–Trinajstić information content (AvgIpc) is 3.37. The van der Waals surface area contributed by atoms with Crippen molar-refractivity contribution in [2.75, 3.05) is 23.7 Å². The fourth-order valence-corrected chi connectivity index (χ4v) is 4.79. The molecule has 1 aromatic carbocycles. The van der Waals surface area contributed by atoms with Crippen molar-refractivity contribution in [3.05, 3.63) is 82.2 Å². The summed E-state index contributed by atoms with van der Waals surface area (Å²) in [6.45, 7) is 3.00. The highest BCUT2D eigenvalue weighted by atomic mass is 16.3. The Balaban J connectivity index is 1.30. The molecule has 0 unspecified atom stereocenters. The number of carbonyl (C=O) groups excluding carboxylic acids is 3. The number of urea groups is 1. The summed E-state index contributed by atoms with van der Waals surface area (Å²) >= 11 is 0. The molecule has 5 rings (SSSR count). The zero-order valence-electron chi connectivity index (χ0n) is 18.6. The number of likely N-dealkylation sites (tertiary alicyclic amines) is 1. The lowest BCUT2D eigenvalue weighted by atomic mass is 9.83. The summed E-state index contributed by atoms with van der Waals surface area (Å²) in [5.74, 6) is -0.208. The van der Waals surface area contributed by atoms with E-state index in [1.807, 2.05) is 6.07 Å². The number of furan rings is 1. The van der Waals surface area contributed by atoms with Gasteiger partial charge in [-0.15, -0.1) is 0 Å². The van der Waals surface area contributed by atoms with Gasteiger partial charge in [-0.3, -0.25) is 14.4 Å². The smallest absolute Gasteiger partial charge is 0.321 e. The number of amides is 3. The van der Waals surface area contributed by atoms with Crippen molar-refractivity contribution < 1.29 is 18.8 Å². The van der Waals surface area contributed by atoms with Gasteiger partial charge in [0.2, 0.25) is 0 Å². The van der Waals surface area contributed by atoms with Gasteiger partial charge in [0.05, 0.1) is 6.26 Å². The summed E-state index contributed by atoms with van der Waals surface area (Å²) in [6.07, 6.45) is 2.30. The number of carbonyl (C=O) groups is 3. The number of hydrogen-bond acceptors (Lipinski definition) is 5. The van der Waals surface area contributed by atoms with Crippen LogP contribution in [0, 0.1) is 5.92 Å². The van der Waals surface area contributed by atoms with Gasteiger partial charge in [0.15, 0.2) is 11.5 Å². The van der Waals surface area contributed by atoms with Gasteiger partial charge in [0.1, 0.15) is 5.69 Å². The number of rotatable bonds is 4. The third kappa shape index (κ3) is 4.12. The van der Waals surface area contributed by atoms with Crippen LogP contribution in [0.5, 0.6) is 0 Å². The molecule has 0 saturated carbocycles. The molecule has 9 heteroatoms. The third-order valence-corrected chi connectivity index (χ3v) is 6.43. The Labute approximate surface area is 195 Å². The maximum absolute atomic E-state index is 13.1. The molecule has 174 valence electrons. The number of benzene rings is 1. The molecule has 2 aliphatic rings. The number of anilines is 2. The molecule has 0 spiro atoms. The number of nitrogens with zero attached hydrogens (tertiary/aromatic N) is 2. The van der Waals surface area contributed by atoms with Crippen LogP contribution < -0.4 is 16.2 Å². The highest BCUT2D eigenvalue weighted by Crippen LogP contribution is 2.35. The quantitative estimate of drug-likeness (QED) is 0.578. The van der Waals surface area contributed by atoms with Crippen LogP contribution in [-0.2, 0) is 6.54 Å². The van der Waals surface area contributed by atoms with Crippen LogP contribution >= 0.6 is 0 Å². The van der Waals surface area contributed by atoms with Crippen molar-refractivity contribution in [3.63, 3.8) is 0 Å². The molecular formula is C25H24N4O5. The van der Waals surface area contributed by atoms with Crippen molar-refractivity contribution >= 4 is 29.1 Å². The van der Waals surface area contributed by atoms with Crippen LogP contribution in [0.3, 0.4) is 0 Å². The lowest BCUT2D eigenvalue weighted by molar-refractivity contribution is 0.0993. The average molecular weight is 460 g/mol. The predicted octanol–water partition coefficient (Wildman–Crippen LogP) is 3.55. The Bertz CT molecular complexity index is 1310. The molecule has 9 nitrogen and oxygen atoms in total. The van der Waals surface area contributed by atoms with Crippen LogP contribution in [0.2, 0.25) is 0 Å². The molecule has 2 N–H and O–H groups in total. The molecule has 34 heavy (non-hydrogen) atoms. The number of ketones is 1. The molecule has 2 aromatic heterocycles. The summed E-state index contributed by atoms with van der Waals surface area (Å²) in [5.41, 5.74) is 2.02. The number of nitrogens with one attached hydrogen (secondary N) is 2. The minimum atomic E-state index is -0.474. The first kappa shape index (κ1) is 21.7. The Morgan fingerprint density at radius 2 is 1.76 bits per heavy atom. The monoisotopic (exact) mass is 460 g/mol. The van der Waals surface area contributed by atoms with E-state index in [-0.39, 0.29) is 40.7 Å². The lowest BCUT2D eigenvalue weighted by Crippen LogP contribution is -2.50. The van der Waals surface area contributed by atoms with E-state index in [0.29, 0.717) is 30.9 Å². The van der Waals surface area contributed by atoms with Gasteiger partial charge in [-0.25, -0.2) is 4.79 Å². The van der Waals surface area contributed by atoms with Crippen molar-refractivity contribution in [3.8, 4) is 0 Å². The number of aromatic nitrogens is 1. The minimum Gasteiger partial charge on any atom is -0.459 e. The molecule has 2 aliphatic heterocycles. The molecule has 1 saturated heterocycles. The van der Waals surface area contributed by atoms with Gasteiger partial charge in [-0.1, -0.05) is 0 Å². The van der Waals surface area contributed by atoms with E-state index in [1.54, 1.807) is 45.9 Å². The summed E-state index contributed by atoms with van der Waals surface area (Å²) in [7, 11) is 0. The molecule has 0 aliphatic carbocycles. The second-order valence-electron chi connectivity index (χ2n) is 8.79. The van der Waals surface area contributed by atoms with Crippen LogP contribution in [0.1, 0.15) is 45.9 Å². The van der Waals surface area contributed by atoms with E-state index < -0.39 is 5.91 Å². The van der Waals surface area contributed by atoms with Crippen molar-refractivity contribution in [2.24, 2.45) is 5.92 Å². The number of piperidine rings is 1. The molecule has 2 atom stereocenters. The molecule has 2 bridgehead atoms. The normalized spacial score (nSPS) is 18.7. The van der Waals surface area contributed by atoms with E-state index in [0.717, 1.165) is 12.1 Å². The Morgan fingerprint density at radius 3 is 2.47 bits per heavy atom. The van der Waals surface area contributed by atoms with Gasteiger partial charge in [-0.2, -0.15) is 0 Å². The maximum atomic E-state index is 13.1. The Hall–Kier alpha value is -4.14. The van der Waals surface area contributed by atoms with Crippen molar-refractivity contribution in [2.45, 2.75) is 25.8 Å². The standard InChI is InChI=1S/C25H24N4O5/c1-15(30)17-4-6-19(7-5-17)26-25(33)28-12-16-11-18(14-28)21-9-8-20(24(32)29(21)13-16)27-23(31)22-3-2-10-34-22/h2-10,16,18H,11-14H2,1H3,(H,26,33)(H,27,31)/t16-,18+/m0/s1. The second kappa shape index (κ2) is 8.66. The maximum Gasteiger partial charge on any atom is 0.321 e. The van der Waals surface area contributed by atoms with E-state index in [1.165, 1.54) is 19.3 Å². The second-order valence-corrected chi connectivity index (χ2v) is 8.79. The van der Waals surface area contributed by atoms with Crippen LogP contribution in [0.15, 0.2) is 64.0 Å². The molecule has 3 amide bonds. The predicted molar refractivity (Wildman–Crippen MR) is 125 cm³/mol. The number of hydrogen-bond donors (Lipinski definition) is 2. The van der Waals surface area contributed by atoms with E-state index in [2.05, 4.69) is 10.6 Å². The van der Waals surface area contributed by atoms with Crippen molar-refractivity contribution in [1.29, 1.82) is 0 Å². The number of pyridine rings is 1. The minimum absolute atomic E-state index is 0.0284. The SMILES string of the molecule is CC(=O)c1ccc(NC(=O)N2C[C@@H]3C[C@H](C2)c2ccc(NC(=O)c4ccco4)c(=O)n2C3)cc1. The fourth-order valence-electron chi connectivity index (χ4n) is 4.79. The summed E-state index contributed by atoms with van der Waals surface area (Å²) in [4.78, 5) is 51.5. The van der Waals surface area contributed by atoms with E-state index in [4.69, 9.17) is 4.42 Å². The molecule has 0 radical (unpaired) electrons. The third-order valence-electron chi connectivity index (χ3n) is 6.43. The molecule has 4 heterocycles. The van der Waals surface area contributed by atoms with E-state index >= 15 is 0 Å². The molecule has 3 aromatic rings. The fraction of sp³-hybridized carbons (Fsp3) is 0.280. The Kier molecular flexibility index (Phi) is 5.53. The van der Waals surface area contributed by atoms with E-state index in [9.17, 15) is 19.2 Å². The number of fused-ring (bicyclic) bond motifs is 4. The highest BCUT2D eigenvalue weighted by molar-refractivity contribution is 6.02. The van der Waals surface area contributed by atoms with Gasteiger partial charge >= 0.3 is 6.03 Å². The van der Waals surface area contributed by atoms with Gasteiger partial charge in [0, 0.05) is 42.5 Å². The zero-order chi connectivity index (χ0) is 23.8. The first-order valence-corrected chi connectivity index (χ1v) is 11.1. The summed E-state index contributed by atoms with van der Waals surface area (Å²) in [5, 5.41) is 5.53. The highest BCUT2D eigenvalue weighted by Gasteiger charge is 2.36. The first-order valence-electron chi connectivity index (χ1n) is 11.1. The van der Waals surface area contributed by atoms with Crippen LogP contribution in [-0.4, -0.2) is 40.3 Å². The largest absolute Gasteiger partial charge is 0.459 e. The van der Waals surface area contributed by atoms with Gasteiger partial charge in [0.25, 0.3) is 11.5 Å².